The van der Waals surface area contributed by atoms with Crippen LogP contribution >= 0.6 is 7.75 Å². The fraction of sp³-hybridized carbons (Fsp3) is 0.429. The van der Waals surface area contributed by atoms with Crippen LogP contribution in [0.5, 0.6) is 0 Å². The van der Waals surface area contributed by atoms with E-state index in [1.165, 1.54) is 12.1 Å². The molecule has 0 radical (unpaired) electrons. The highest BCUT2D eigenvalue weighted by atomic mass is 31.2. The Morgan fingerprint density at radius 2 is 1.41 bits per heavy atom. The van der Waals surface area contributed by atoms with Crippen LogP contribution in [0.4, 0.5) is 4.39 Å². The largest absolute Gasteiger partial charge is 0.481 e. The van der Waals surface area contributed by atoms with Crippen molar-refractivity contribution in [3.05, 3.63) is 35.6 Å². The zero-order valence-electron chi connectivity index (χ0n) is 20.1. The summed E-state index contributed by atoms with van der Waals surface area (Å²) < 4.78 is 30.0. The molecule has 1 rings (SSSR count). The van der Waals surface area contributed by atoms with Gasteiger partial charge in [0, 0.05) is 24.8 Å². The van der Waals surface area contributed by atoms with E-state index in [2.05, 4.69) is 15.2 Å². The van der Waals surface area contributed by atoms with Crippen LogP contribution in [-0.4, -0.2) is 85.7 Å². The average Bonchev–Trinajstić information content (AvgIpc) is 2.82. The summed E-state index contributed by atoms with van der Waals surface area (Å²) >= 11 is 0. The highest BCUT2D eigenvalue weighted by molar-refractivity contribution is 7.50. The molecule has 0 bridgehead atoms. The Kier molecular flexibility index (Phi) is 13.1. The lowest BCUT2D eigenvalue weighted by molar-refractivity contribution is -0.143. The Bertz CT molecular complexity index is 1130. The van der Waals surface area contributed by atoms with Crippen molar-refractivity contribution in [3.63, 3.8) is 0 Å². The monoisotopic (exact) mass is 579 g/mol. The number of carboxylic acid groups (broad SMARTS) is 4. The minimum Gasteiger partial charge on any atom is -0.481 e. The van der Waals surface area contributed by atoms with Gasteiger partial charge in [-0.1, -0.05) is 6.07 Å². The van der Waals surface area contributed by atoms with Gasteiger partial charge in [-0.25, -0.2) is 23.6 Å². The molecule has 39 heavy (non-hydrogen) atoms. The Balaban J connectivity index is 2.63. The quantitative estimate of drug-likeness (QED) is 0.104. The number of aliphatic carboxylic acids is 4. The van der Waals surface area contributed by atoms with Crippen LogP contribution in [0.2, 0.25) is 0 Å². The summed E-state index contributed by atoms with van der Waals surface area (Å²) in [6.07, 6.45) is -2.78. The third-order valence-corrected chi connectivity index (χ3v) is 6.09. The van der Waals surface area contributed by atoms with E-state index in [1.54, 1.807) is 5.09 Å². The molecule has 0 saturated heterocycles. The van der Waals surface area contributed by atoms with Gasteiger partial charge >= 0.3 is 31.6 Å². The zero-order chi connectivity index (χ0) is 29.8. The van der Waals surface area contributed by atoms with Crippen molar-refractivity contribution >= 4 is 43.4 Å². The summed E-state index contributed by atoms with van der Waals surface area (Å²) in [6.45, 7) is -0.759. The molecule has 216 valence electrons. The minimum absolute atomic E-state index is 0.163. The Labute approximate surface area is 219 Å². The van der Waals surface area contributed by atoms with Gasteiger partial charge < -0.3 is 36.0 Å². The Hall–Kier alpha value is -3.92. The molecule has 16 nitrogen and oxygen atoms in total. The number of nitrogens with one attached hydrogen (secondary N) is 3. The van der Waals surface area contributed by atoms with Crippen molar-refractivity contribution in [2.75, 3.05) is 6.61 Å². The molecular weight excluding hydrogens is 552 g/mol. The van der Waals surface area contributed by atoms with Gasteiger partial charge in [0.25, 0.3) is 5.91 Å². The minimum atomic E-state index is -4.82. The molecule has 2 amide bonds. The first-order valence-electron chi connectivity index (χ1n) is 11.1. The Morgan fingerprint density at radius 1 is 0.846 bits per heavy atom. The second-order valence-electron chi connectivity index (χ2n) is 7.97. The molecule has 18 heteroatoms. The van der Waals surface area contributed by atoms with Gasteiger partial charge in [0.2, 0.25) is 5.91 Å². The molecule has 0 aliphatic carbocycles. The average molecular weight is 579 g/mol. The van der Waals surface area contributed by atoms with E-state index >= 15 is 0 Å². The van der Waals surface area contributed by atoms with Crippen LogP contribution in [0.3, 0.4) is 0 Å². The fourth-order valence-corrected chi connectivity index (χ4v) is 4.03. The number of hydrogen-bond donors (Lipinski definition) is 8. The first-order valence-corrected chi connectivity index (χ1v) is 12.7. The summed E-state index contributed by atoms with van der Waals surface area (Å²) in [5.74, 6) is -8.66. The lowest BCUT2D eigenvalue weighted by atomic mass is 10.1. The standard InChI is InChI=1S/C21H27FN3O13P/c22-12-3-1-2-11(10-12)18(29)24-13(19(30)31)4-6-16(26)23-14(20(32)33)8-9-38-39(36,37)25-15(21(34)35)5-7-17(27)28/h1-3,10,13-15H,4-9H2,(H,23,26)(H,24,29)(H,27,28)(H,30,31)(H,32,33)(H,34,35)(H2,25,36,37)/t13-,14?,15?/m0/s1. The van der Waals surface area contributed by atoms with Gasteiger partial charge in [-0.2, -0.15) is 0 Å². The smallest absolute Gasteiger partial charge is 0.403 e. The molecule has 0 heterocycles. The summed E-state index contributed by atoms with van der Waals surface area (Å²) in [6, 6.07) is -0.571. The number of carboxylic acids is 4. The first-order chi connectivity index (χ1) is 18.1. The number of halogens is 1. The van der Waals surface area contributed by atoms with Crippen LogP contribution < -0.4 is 15.7 Å². The molecule has 1 aromatic carbocycles. The van der Waals surface area contributed by atoms with Crippen molar-refractivity contribution in [2.24, 2.45) is 0 Å². The van der Waals surface area contributed by atoms with E-state index in [4.69, 9.17) is 10.2 Å². The van der Waals surface area contributed by atoms with E-state index in [0.29, 0.717) is 0 Å². The van der Waals surface area contributed by atoms with Gasteiger partial charge in [-0.15, -0.1) is 0 Å². The maximum absolute atomic E-state index is 13.3. The first kappa shape index (κ1) is 33.1. The Morgan fingerprint density at radius 3 is 1.95 bits per heavy atom. The van der Waals surface area contributed by atoms with Crippen LogP contribution in [-0.2, 0) is 33.1 Å². The normalized spacial score (nSPS) is 14.7. The number of hydrogen-bond acceptors (Lipinski definition) is 8. The number of carbonyl (C=O) groups excluding carboxylic acids is 2. The number of carbonyl (C=O) groups is 6. The molecule has 0 aromatic heterocycles. The van der Waals surface area contributed by atoms with E-state index < -0.39 is 106 Å². The maximum atomic E-state index is 13.3. The van der Waals surface area contributed by atoms with Crippen molar-refractivity contribution in [3.8, 4) is 0 Å². The highest BCUT2D eigenvalue weighted by Crippen LogP contribution is 2.38. The second kappa shape index (κ2) is 15.5. The third-order valence-electron chi connectivity index (χ3n) is 4.92. The van der Waals surface area contributed by atoms with Crippen molar-refractivity contribution in [1.82, 2.24) is 15.7 Å². The predicted octanol–water partition coefficient (Wildman–Crippen LogP) is -0.227. The maximum Gasteiger partial charge on any atom is 0.403 e. The zero-order valence-corrected chi connectivity index (χ0v) is 21.0. The van der Waals surface area contributed by atoms with E-state index in [1.807, 2.05) is 0 Å². The van der Waals surface area contributed by atoms with Gasteiger partial charge in [0.15, 0.2) is 0 Å². The SMILES string of the molecule is O=C(O)CCC(NP(=O)(O)OCCC(NC(=O)CC[C@H](NC(=O)c1cccc(F)c1)C(=O)O)C(=O)O)C(=O)O. The van der Waals surface area contributed by atoms with Gasteiger partial charge in [0.05, 0.1) is 6.61 Å². The van der Waals surface area contributed by atoms with Crippen LogP contribution in [0.1, 0.15) is 42.5 Å². The van der Waals surface area contributed by atoms with Crippen LogP contribution in [0, 0.1) is 5.82 Å². The number of rotatable bonds is 18. The highest BCUT2D eigenvalue weighted by Gasteiger charge is 2.30. The molecule has 0 saturated carbocycles. The molecule has 0 aliphatic rings. The molecule has 4 atom stereocenters. The van der Waals surface area contributed by atoms with E-state index in [0.717, 1.165) is 12.1 Å². The van der Waals surface area contributed by atoms with E-state index in [-0.39, 0.29) is 5.56 Å². The van der Waals surface area contributed by atoms with Gasteiger partial charge in [0.1, 0.15) is 23.9 Å². The summed E-state index contributed by atoms with van der Waals surface area (Å²) in [7, 11) is -4.82. The third kappa shape index (κ3) is 12.9. The lowest BCUT2D eigenvalue weighted by Crippen LogP contribution is -2.44. The van der Waals surface area contributed by atoms with Crippen LogP contribution in [0.25, 0.3) is 0 Å². The molecule has 0 aliphatic heterocycles. The molecule has 8 N–H and O–H groups in total. The molecular formula is C21H27FN3O13P. The van der Waals surface area contributed by atoms with Gasteiger partial charge in [-0.05, 0) is 31.0 Å². The second-order valence-corrected chi connectivity index (χ2v) is 9.52. The number of benzene rings is 1. The molecule has 3 unspecified atom stereocenters. The fourth-order valence-electron chi connectivity index (χ4n) is 2.97. The lowest BCUT2D eigenvalue weighted by Gasteiger charge is -2.20. The van der Waals surface area contributed by atoms with Crippen molar-refractivity contribution in [2.45, 2.75) is 50.2 Å². The van der Waals surface area contributed by atoms with Crippen molar-refractivity contribution < 1.29 is 67.6 Å². The van der Waals surface area contributed by atoms with Crippen molar-refractivity contribution in [1.29, 1.82) is 0 Å². The summed E-state index contributed by atoms with van der Waals surface area (Å²) in [5, 5.41) is 42.2. The predicted molar refractivity (Wildman–Crippen MR) is 126 cm³/mol. The topological polar surface area (TPSA) is 266 Å². The summed E-state index contributed by atoms with van der Waals surface area (Å²) in [5.41, 5.74) is -0.163. The van der Waals surface area contributed by atoms with E-state index in [9.17, 15) is 52.8 Å². The molecule has 1 aromatic rings. The van der Waals surface area contributed by atoms with Gasteiger partial charge in [-0.3, -0.25) is 23.7 Å². The van der Waals surface area contributed by atoms with Crippen LogP contribution in [0.15, 0.2) is 24.3 Å². The molecule has 0 spiro atoms. The summed E-state index contributed by atoms with van der Waals surface area (Å²) in [4.78, 5) is 78.7. The molecule has 0 fully saturated rings. The number of amides is 2.